The summed E-state index contributed by atoms with van der Waals surface area (Å²) in [5, 5.41) is 5.92. The molecule has 2 aromatic carbocycles. The molecule has 2 aliphatic rings. The lowest BCUT2D eigenvalue weighted by Crippen LogP contribution is -2.46. The number of hydrogen-bond donors (Lipinski definition) is 2. The zero-order chi connectivity index (χ0) is 22.8. The third kappa shape index (κ3) is 4.70. The maximum atomic E-state index is 12.6. The predicted octanol–water partition coefficient (Wildman–Crippen LogP) is 2.83. The summed E-state index contributed by atoms with van der Waals surface area (Å²) in [6.07, 6.45) is -0.139. The maximum Gasteiger partial charge on any atom is 0.251 e. The molecular formula is C25H30N2O5. The number of ether oxygens (including phenoxy) is 3. The van der Waals surface area contributed by atoms with Crippen LogP contribution in [0.1, 0.15) is 46.5 Å². The van der Waals surface area contributed by atoms with Crippen molar-refractivity contribution in [1.29, 1.82) is 0 Å². The smallest absolute Gasteiger partial charge is 0.251 e. The number of nitrogens with one attached hydrogen (secondary N) is 2. The Bertz CT molecular complexity index is 977. The minimum absolute atomic E-state index is 0.127. The molecule has 170 valence electrons. The van der Waals surface area contributed by atoms with E-state index in [9.17, 15) is 9.59 Å². The molecule has 7 heteroatoms. The number of carbonyl (C=O) groups excluding carboxylic acids is 2. The van der Waals surface area contributed by atoms with E-state index in [1.54, 1.807) is 18.2 Å². The fourth-order valence-corrected chi connectivity index (χ4v) is 4.47. The van der Waals surface area contributed by atoms with Gasteiger partial charge in [0.25, 0.3) is 11.8 Å². The Morgan fingerprint density at radius 1 is 1.00 bits per heavy atom. The lowest BCUT2D eigenvalue weighted by atomic mass is 9.92. The number of aryl methyl sites for hydroxylation is 1. The van der Waals surface area contributed by atoms with Crippen LogP contribution in [0.2, 0.25) is 0 Å². The molecule has 0 saturated carbocycles. The Morgan fingerprint density at radius 2 is 1.72 bits per heavy atom. The van der Waals surface area contributed by atoms with E-state index in [2.05, 4.69) is 10.6 Å². The molecule has 0 spiro atoms. The SMILES string of the molecule is Cc1ccccc1C(=O)NC[C@H]1OC[C@]2(CCNC(=O)c3ccccc3)OC(C)(C)O[C@H]12. The van der Waals surface area contributed by atoms with Crippen molar-refractivity contribution in [3.8, 4) is 0 Å². The van der Waals surface area contributed by atoms with Gasteiger partial charge < -0.3 is 24.8 Å². The van der Waals surface area contributed by atoms with E-state index < -0.39 is 11.4 Å². The van der Waals surface area contributed by atoms with Gasteiger partial charge in [-0.05, 0) is 51.0 Å². The van der Waals surface area contributed by atoms with E-state index in [-0.39, 0.29) is 24.0 Å². The molecule has 2 heterocycles. The van der Waals surface area contributed by atoms with Gasteiger partial charge in [-0.1, -0.05) is 36.4 Å². The predicted molar refractivity (Wildman–Crippen MR) is 119 cm³/mol. The van der Waals surface area contributed by atoms with Crippen molar-refractivity contribution in [1.82, 2.24) is 10.6 Å². The molecule has 0 radical (unpaired) electrons. The fourth-order valence-electron chi connectivity index (χ4n) is 4.47. The first-order valence-corrected chi connectivity index (χ1v) is 11.0. The molecule has 0 bridgehead atoms. The van der Waals surface area contributed by atoms with Crippen molar-refractivity contribution >= 4 is 11.8 Å². The van der Waals surface area contributed by atoms with Crippen molar-refractivity contribution in [2.45, 2.75) is 50.8 Å². The van der Waals surface area contributed by atoms with Crippen LogP contribution in [-0.4, -0.2) is 55.1 Å². The minimum Gasteiger partial charge on any atom is -0.370 e. The van der Waals surface area contributed by atoms with Gasteiger partial charge in [-0.3, -0.25) is 9.59 Å². The second-order valence-electron chi connectivity index (χ2n) is 8.85. The van der Waals surface area contributed by atoms with Gasteiger partial charge in [-0.2, -0.15) is 0 Å². The van der Waals surface area contributed by atoms with E-state index in [1.165, 1.54) is 0 Å². The van der Waals surface area contributed by atoms with Gasteiger partial charge in [0.15, 0.2) is 5.79 Å². The van der Waals surface area contributed by atoms with Crippen molar-refractivity contribution in [2.75, 3.05) is 19.7 Å². The average Bonchev–Trinajstić information content (AvgIpc) is 3.22. The van der Waals surface area contributed by atoms with Crippen molar-refractivity contribution in [3.63, 3.8) is 0 Å². The molecule has 2 N–H and O–H groups in total. The molecule has 2 fully saturated rings. The van der Waals surface area contributed by atoms with Crippen molar-refractivity contribution in [2.24, 2.45) is 0 Å². The fraction of sp³-hybridized carbons (Fsp3) is 0.440. The summed E-state index contributed by atoms with van der Waals surface area (Å²) in [5.74, 6) is -1.04. The van der Waals surface area contributed by atoms with Crippen LogP contribution in [0.3, 0.4) is 0 Å². The van der Waals surface area contributed by atoms with Gasteiger partial charge in [0.2, 0.25) is 0 Å². The highest BCUT2D eigenvalue weighted by molar-refractivity contribution is 5.95. The minimum atomic E-state index is -0.768. The lowest BCUT2D eigenvalue weighted by molar-refractivity contribution is -0.190. The molecule has 0 aromatic heterocycles. The molecule has 4 rings (SSSR count). The van der Waals surface area contributed by atoms with E-state index in [1.807, 2.05) is 57.2 Å². The molecule has 2 aromatic rings. The molecule has 0 unspecified atom stereocenters. The average molecular weight is 439 g/mol. The second-order valence-corrected chi connectivity index (χ2v) is 8.85. The summed E-state index contributed by atoms with van der Waals surface area (Å²) in [4.78, 5) is 25.0. The summed E-state index contributed by atoms with van der Waals surface area (Å²) in [6.45, 7) is 6.74. The molecular weight excluding hydrogens is 408 g/mol. The van der Waals surface area contributed by atoms with Gasteiger partial charge in [-0.15, -0.1) is 0 Å². The Hall–Kier alpha value is -2.74. The van der Waals surface area contributed by atoms with Crippen molar-refractivity contribution in [3.05, 3.63) is 71.3 Å². The van der Waals surface area contributed by atoms with Crippen LogP contribution in [0.15, 0.2) is 54.6 Å². The molecule has 2 saturated heterocycles. The highest BCUT2D eigenvalue weighted by Gasteiger charge is 2.60. The normalized spacial score (nSPS) is 25.8. The van der Waals surface area contributed by atoms with Crippen LogP contribution in [0.25, 0.3) is 0 Å². The molecule has 32 heavy (non-hydrogen) atoms. The van der Waals surface area contributed by atoms with E-state index in [0.29, 0.717) is 37.2 Å². The number of rotatable bonds is 7. The summed E-state index contributed by atoms with van der Waals surface area (Å²) < 4.78 is 18.5. The van der Waals surface area contributed by atoms with Crippen molar-refractivity contribution < 1.29 is 23.8 Å². The van der Waals surface area contributed by atoms with E-state index in [0.717, 1.165) is 5.56 Å². The Morgan fingerprint density at radius 3 is 2.47 bits per heavy atom. The second kappa shape index (κ2) is 9.02. The van der Waals surface area contributed by atoms with Gasteiger partial charge in [-0.25, -0.2) is 0 Å². The van der Waals surface area contributed by atoms with Gasteiger partial charge in [0.1, 0.15) is 17.8 Å². The third-order valence-electron chi connectivity index (χ3n) is 5.98. The number of fused-ring (bicyclic) bond motifs is 1. The lowest BCUT2D eigenvalue weighted by Gasteiger charge is -2.27. The number of carbonyl (C=O) groups is 2. The zero-order valence-electron chi connectivity index (χ0n) is 18.7. The van der Waals surface area contributed by atoms with Crippen LogP contribution in [-0.2, 0) is 14.2 Å². The van der Waals surface area contributed by atoms with E-state index in [4.69, 9.17) is 14.2 Å². The molecule has 2 amide bonds. The largest absolute Gasteiger partial charge is 0.370 e. The first-order chi connectivity index (χ1) is 15.3. The van der Waals surface area contributed by atoms with Crippen LogP contribution in [0.5, 0.6) is 0 Å². The monoisotopic (exact) mass is 438 g/mol. The van der Waals surface area contributed by atoms with Crippen LogP contribution >= 0.6 is 0 Å². The number of hydrogen-bond acceptors (Lipinski definition) is 5. The molecule has 3 atom stereocenters. The van der Waals surface area contributed by atoms with Gasteiger partial charge in [0.05, 0.1) is 6.61 Å². The first-order valence-electron chi connectivity index (χ1n) is 11.0. The standard InChI is InChI=1S/C25H30N2O5/c1-17-9-7-8-12-19(17)23(29)27-15-20-21-25(16-30-20,32-24(2,3)31-21)13-14-26-22(28)18-10-5-4-6-11-18/h4-12,20-21H,13-16H2,1-3H3,(H,26,28)(H,27,29)/t20-,21-,25+/m1/s1. The summed E-state index contributed by atoms with van der Waals surface area (Å²) in [7, 11) is 0. The summed E-state index contributed by atoms with van der Waals surface area (Å²) >= 11 is 0. The zero-order valence-corrected chi connectivity index (χ0v) is 18.7. The van der Waals surface area contributed by atoms with Gasteiger partial charge in [0, 0.05) is 24.2 Å². The molecule has 7 nitrogen and oxygen atoms in total. The van der Waals surface area contributed by atoms with Gasteiger partial charge >= 0.3 is 0 Å². The maximum absolute atomic E-state index is 12.6. The third-order valence-corrected chi connectivity index (χ3v) is 5.98. The van der Waals surface area contributed by atoms with Crippen LogP contribution in [0.4, 0.5) is 0 Å². The Labute approximate surface area is 188 Å². The quantitative estimate of drug-likeness (QED) is 0.694. The number of benzene rings is 2. The highest BCUT2D eigenvalue weighted by atomic mass is 16.8. The number of amides is 2. The van der Waals surface area contributed by atoms with Crippen LogP contribution in [0, 0.1) is 6.92 Å². The highest BCUT2D eigenvalue weighted by Crippen LogP contribution is 2.45. The molecule has 0 aliphatic carbocycles. The topological polar surface area (TPSA) is 85.9 Å². The van der Waals surface area contributed by atoms with Crippen LogP contribution < -0.4 is 10.6 Å². The summed E-state index contributed by atoms with van der Waals surface area (Å²) in [5.41, 5.74) is 1.50. The molecule has 2 aliphatic heterocycles. The first kappa shape index (κ1) is 22.5. The Balaban J connectivity index is 1.37. The Kier molecular flexibility index (Phi) is 6.33. The van der Waals surface area contributed by atoms with E-state index >= 15 is 0 Å². The summed E-state index contributed by atoms with van der Waals surface area (Å²) in [6, 6.07) is 16.6.